The Hall–Kier alpha value is -0.0900. The molecule has 19 heavy (non-hydrogen) atoms. The summed E-state index contributed by atoms with van der Waals surface area (Å²) in [6, 6.07) is 8.96. The number of hydrogen-bond donors (Lipinski definition) is 1. The molecule has 0 amide bonds. The van der Waals surface area contributed by atoms with Crippen molar-refractivity contribution in [2.45, 2.75) is 59.4 Å². The van der Waals surface area contributed by atoms with Gasteiger partial charge in [-0.1, -0.05) is 32.4 Å². The van der Waals surface area contributed by atoms with E-state index in [1.807, 2.05) is 0 Å². The van der Waals surface area contributed by atoms with Crippen molar-refractivity contribution in [1.82, 2.24) is 5.32 Å². The third-order valence-electron chi connectivity index (χ3n) is 3.44. The van der Waals surface area contributed by atoms with E-state index in [0.717, 1.165) is 13.0 Å². The molecular formula is C17H28IN. The standard InChI is InChI=1S/C17H28IN/c1-6-11-17(5,13-19-16(2,3)4)12-14-7-9-15(18)10-8-14/h7-10,19H,6,11-13H2,1-5H3. The van der Waals surface area contributed by atoms with Gasteiger partial charge in [0, 0.05) is 15.7 Å². The highest BCUT2D eigenvalue weighted by Gasteiger charge is 2.25. The molecule has 1 N–H and O–H groups in total. The number of nitrogens with one attached hydrogen (secondary N) is 1. The van der Waals surface area contributed by atoms with Crippen LogP contribution in [0.4, 0.5) is 0 Å². The van der Waals surface area contributed by atoms with Gasteiger partial charge in [-0.05, 0) is 79.3 Å². The van der Waals surface area contributed by atoms with Crippen LogP contribution in [0.3, 0.4) is 0 Å². The maximum absolute atomic E-state index is 3.68. The van der Waals surface area contributed by atoms with E-state index >= 15 is 0 Å². The molecule has 0 spiro atoms. The van der Waals surface area contributed by atoms with Crippen molar-refractivity contribution in [2.24, 2.45) is 5.41 Å². The van der Waals surface area contributed by atoms with Gasteiger partial charge in [0.2, 0.25) is 0 Å². The van der Waals surface area contributed by atoms with Gasteiger partial charge in [-0.3, -0.25) is 0 Å². The summed E-state index contributed by atoms with van der Waals surface area (Å²) in [5.41, 5.74) is 1.99. The number of hydrogen-bond acceptors (Lipinski definition) is 1. The molecule has 108 valence electrons. The van der Waals surface area contributed by atoms with Crippen molar-refractivity contribution in [1.29, 1.82) is 0 Å². The smallest absolute Gasteiger partial charge is 0.0130 e. The van der Waals surface area contributed by atoms with Gasteiger partial charge in [0.15, 0.2) is 0 Å². The molecule has 0 aliphatic rings. The Morgan fingerprint density at radius 3 is 2.11 bits per heavy atom. The molecule has 0 heterocycles. The molecule has 1 aromatic rings. The minimum Gasteiger partial charge on any atom is -0.312 e. The summed E-state index contributed by atoms with van der Waals surface area (Å²) < 4.78 is 1.31. The fourth-order valence-corrected chi connectivity index (χ4v) is 2.78. The van der Waals surface area contributed by atoms with Crippen LogP contribution >= 0.6 is 22.6 Å². The van der Waals surface area contributed by atoms with Crippen LogP contribution in [0.15, 0.2) is 24.3 Å². The third kappa shape index (κ3) is 6.75. The second-order valence-corrected chi connectivity index (χ2v) is 8.21. The van der Waals surface area contributed by atoms with Crippen LogP contribution in [0.2, 0.25) is 0 Å². The normalized spacial score (nSPS) is 15.3. The molecule has 0 saturated heterocycles. The van der Waals surface area contributed by atoms with Crippen LogP contribution in [-0.4, -0.2) is 12.1 Å². The van der Waals surface area contributed by atoms with E-state index in [1.165, 1.54) is 22.0 Å². The number of benzene rings is 1. The highest BCUT2D eigenvalue weighted by atomic mass is 127. The molecule has 0 fully saturated rings. The van der Waals surface area contributed by atoms with Gasteiger partial charge in [0.25, 0.3) is 0 Å². The summed E-state index contributed by atoms with van der Waals surface area (Å²) >= 11 is 2.37. The molecule has 1 atom stereocenters. The molecule has 1 nitrogen and oxygen atoms in total. The van der Waals surface area contributed by atoms with Gasteiger partial charge in [-0.25, -0.2) is 0 Å². The Labute approximate surface area is 132 Å². The van der Waals surface area contributed by atoms with Crippen molar-refractivity contribution in [3.63, 3.8) is 0 Å². The molecule has 0 aromatic heterocycles. The lowest BCUT2D eigenvalue weighted by Crippen LogP contribution is -2.43. The average molecular weight is 373 g/mol. The van der Waals surface area contributed by atoms with Crippen LogP contribution in [-0.2, 0) is 6.42 Å². The molecule has 0 aliphatic carbocycles. The van der Waals surface area contributed by atoms with Gasteiger partial charge >= 0.3 is 0 Å². The zero-order valence-electron chi connectivity index (χ0n) is 13.0. The molecule has 1 rings (SSSR count). The van der Waals surface area contributed by atoms with E-state index in [0.29, 0.717) is 5.41 Å². The van der Waals surface area contributed by atoms with Crippen LogP contribution in [0.5, 0.6) is 0 Å². The quantitative estimate of drug-likeness (QED) is 0.690. The topological polar surface area (TPSA) is 12.0 Å². The van der Waals surface area contributed by atoms with E-state index < -0.39 is 0 Å². The summed E-state index contributed by atoms with van der Waals surface area (Å²) in [6.07, 6.45) is 3.66. The second-order valence-electron chi connectivity index (χ2n) is 6.97. The maximum Gasteiger partial charge on any atom is 0.0130 e. The van der Waals surface area contributed by atoms with E-state index in [9.17, 15) is 0 Å². The zero-order chi connectivity index (χ0) is 14.5. The largest absolute Gasteiger partial charge is 0.312 e. The fourth-order valence-electron chi connectivity index (χ4n) is 2.42. The van der Waals surface area contributed by atoms with Crippen molar-refractivity contribution in [3.05, 3.63) is 33.4 Å². The number of rotatable bonds is 6. The monoisotopic (exact) mass is 373 g/mol. The van der Waals surface area contributed by atoms with Crippen LogP contribution < -0.4 is 5.32 Å². The first-order chi connectivity index (χ1) is 8.74. The summed E-state index contributed by atoms with van der Waals surface area (Å²) in [6.45, 7) is 12.5. The van der Waals surface area contributed by atoms with Crippen molar-refractivity contribution in [2.75, 3.05) is 6.54 Å². The molecule has 0 saturated carbocycles. The summed E-state index contributed by atoms with van der Waals surface area (Å²) in [7, 11) is 0. The second kappa shape index (κ2) is 7.07. The Morgan fingerprint density at radius 2 is 1.63 bits per heavy atom. The van der Waals surface area contributed by atoms with Crippen LogP contribution in [0.25, 0.3) is 0 Å². The SMILES string of the molecule is CCCC(C)(CNC(C)(C)C)Cc1ccc(I)cc1. The van der Waals surface area contributed by atoms with Crippen LogP contribution in [0, 0.1) is 8.99 Å². The zero-order valence-corrected chi connectivity index (χ0v) is 15.2. The van der Waals surface area contributed by atoms with Crippen LogP contribution in [0.1, 0.15) is 53.0 Å². The highest BCUT2D eigenvalue weighted by Crippen LogP contribution is 2.28. The molecule has 1 unspecified atom stereocenters. The van der Waals surface area contributed by atoms with Crippen molar-refractivity contribution >= 4 is 22.6 Å². The van der Waals surface area contributed by atoms with Gasteiger partial charge in [0.1, 0.15) is 0 Å². The van der Waals surface area contributed by atoms with E-state index in [-0.39, 0.29) is 5.54 Å². The van der Waals surface area contributed by atoms with E-state index in [4.69, 9.17) is 0 Å². The maximum atomic E-state index is 3.68. The van der Waals surface area contributed by atoms with Crippen molar-refractivity contribution < 1.29 is 0 Å². The molecule has 0 bridgehead atoms. The van der Waals surface area contributed by atoms with E-state index in [2.05, 4.69) is 86.8 Å². The van der Waals surface area contributed by atoms with Gasteiger partial charge in [-0.2, -0.15) is 0 Å². The summed E-state index contributed by atoms with van der Waals surface area (Å²) in [4.78, 5) is 0. The Balaban J connectivity index is 2.72. The Morgan fingerprint density at radius 1 is 1.05 bits per heavy atom. The molecule has 0 aliphatic heterocycles. The minimum atomic E-state index is 0.196. The Bertz CT molecular complexity index is 377. The lowest BCUT2D eigenvalue weighted by atomic mass is 9.79. The Kier molecular flexibility index (Phi) is 6.31. The first-order valence-corrected chi connectivity index (χ1v) is 8.31. The van der Waals surface area contributed by atoms with Gasteiger partial charge < -0.3 is 5.32 Å². The van der Waals surface area contributed by atoms with Gasteiger partial charge in [0.05, 0.1) is 0 Å². The molecule has 1 aromatic carbocycles. The first-order valence-electron chi connectivity index (χ1n) is 7.24. The first kappa shape index (κ1) is 17.0. The van der Waals surface area contributed by atoms with E-state index in [1.54, 1.807) is 0 Å². The average Bonchev–Trinajstić information content (AvgIpc) is 2.30. The fraction of sp³-hybridized carbons (Fsp3) is 0.647. The molecular weight excluding hydrogens is 345 g/mol. The lowest BCUT2D eigenvalue weighted by Gasteiger charge is -2.34. The van der Waals surface area contributed by atoms with Crippen molar-refractivity contribution in [3.8, 4) is 0 Å². The predicted molar refractivity (Wildman–Crippen MR) is 93.6 cm³/mol. The number of halogens is 1. The lowest BCUT2D eigenvalue weighted by molar-refractivity contribution is 0.244. The highest BCUT2D eigenvalue weighted by molar-refractivity contribution is 14.1. The summed E-state index contributed by atoms with van der Waals surface area (Å²) in [5.74, 6) is 0. The molecule has 2 heteroatoms. The summed E-state index contributed by atoms with van der Waals surface area (Å²) in [5, 5.41) is 3.68. The third-order valence-corrected chi connectivity index (χ3v) is 4.16. The predicted octanol–water partition coefficient (Wildman–Crippen LogP) is 5.03. The molecule has 0 radical (unpaired) electrons. The van der Waals surface area contributed by atoms with Gasteiger partial charge in [-0.15, -0.1) is 0 Å². The minimum absolute atomic E-state index is 0.196.